The quantitative estimate of drug-likeness (QED) is 0.766. The average Bonchev–Trinajstić information content (AvgIpc) is 2.59. The van der Waals surface area contributed by atoms with E-state index in [1.165, 1.54) is 18.2 Å². The highest BCUT2D eigenvalue weighted by molar-refractivity contribution is 7.89. The van der Waals surface area contributed by atoms with Crippen molar-refractivity contribution in [2.24, 2.45) is 0 Å². The summed E-state index contributed by atoms with van der Waals surface area (Å²) >= 11 is 12.0. The van der Waals surface area contributed by atoms with Gasteiger partial charge in [-0.15, -0.1) is 0 Å². The summed E-state index contributed by atoms with van der Waals surface area (Å²) in [6.07, 6.45) is 1.18. The number of hydrogen-bond acceptors (Lipinski definition) is 3. The molecule has 0 aromatic heterocycles. The molecule has 4 nitrogen and oxygen atoms in total. The minimum Gasteiger partial charge on any atom is -0.299 e. The number of nitrogens with zero attached hydrogens (tertiary/aromatic N) is 1. The first-order chi connectivity index (χ1) is 12.8. The van der Waals surface area contributed by atoms with Gasteiger partial charge in [0.05, 0.1) is 10.0 Å². The van der Waals surface area contributed by atoms with Crippen LogP contribution in [-0.4, -0.2) is 32.4 Å². The van der Waals surface area contributed by atoms with Crippen molar-refractivity contribution in [2.75, 3.05) is 13.1 Å². The van der Waals surface area contributed by atoms with Crippen molar-refractivity contribution in [3.8, 4) is 0 Å². The van der Waals surface area contributed by atoms with Gasteiger partial charge >= 0.3 is 0 Å². The largest absolute Gasteiger partial charge is 0.299 e. The lowest BCUT2D eigenvalue weighted by Gasteiger charge is -2.32. The molecule has 0 saturated carbocycles. The van der Waals surface area contributed by atoms with Gasteiger partial charge in [0, 0.05) is 25.7 Å². The Bertz CT molecular complexity index is 913. The van der Waals surface area contributed by atoms with Crippen LogP contribution in [0.25, 0.3) is 0 Å². The number of nitrogens with one attached hydrogen (secondary N) is 1. The van der Waals surface area contributed by atoms with E-state index >= 15 is 0 Å². The van der Waals surface area contributed by atoms with Gasteiger partial charge in [-0.3, -0.25) is 4.90 Å². The van der Waals surface area contributed by atoms with Gasteiger partial charge in [0.25, 0.3) is 0 Å². The Morgan fingerprint density at radius 3 is 2.26 bits per heavy atom. The van der Waals surface area contributed by atoms with E-state index in [0.717, 1.165) is 6.07 Å². The normalized spacial score (nSPS) is 16.6. The zero-order chi connectivity index (χ0) is 19.6. The second-order valence-corrected chi connectivity index (χ2v) is 8.94. The summed E-state index contributed by atoms with van der Waals surface area (Å²) in [5, 5.41) is 0.150. The number of benzene rings is 2. The first-order valence-electron chi connectivity index (χ1n) is 8.39. The second kappa shape index (κ2) is 8.41. The highest BCUT2D eigenvalue weighted by Gasteiger charge is 2.27. The molecule has 27 heavy (non-hydrogen) atoms. The minimum atomic E-state index is -3.83. The van der Waals surface area contributed by atoms with Crippen LogP contribution in [0.2, 0.25) is 10.0 Å². The van der Waals surface area contributed by atoms with E-state index in [2.05, 4.69) is 9.62 Å². The maximum atomic E-state index is 13.3. The van der Waals surface area contributed by atoms with Crippen LogP contribution in [0.5, 0.6) is 0 Å². The summed E-state index contributed by atoms with van der Waals surface area (Å²) in [5.41, 5.74) is 0.677. The van der Waals surface area contributed by atoms with Crippen molar-refractivity contribution < 1.29 is 17.2 Å². The lowest BCUT2D eigenvalue weighted by Crippen LogP contribution is -2.44. The molecule has 1 saturated heterocycles. The summed E-state index contributed by atoms with van der Waals surface area (Å²) in [6.45, 7) is 1.73. The standard InChI is InChI=1S/C18H18Cl2F2N2O2S/c19-14-2-1-3-15(20)18(14)27(25,26)23-13-6-8-24(9-7-13)11-12-4-5-16(21)17(22)10-12/h1-5,10,13,23H,6-9,11H2. The Morgan fingerprint density at radius 1 is 1.04 bits per heavy atom. The summed E-state index contributed by atoms with van der Waals surface area (Å²) in [4.78, 5) is 1.96. The van der Waals surface area contributed by atoms with Gasteiger partial charge in [-0.25, -0.2) is 21.9 Å². The molecule has 1 heterocycles. The van der Waals surface area contributed by atoms with E-state index in [4.69, 9.17) is 23.2 Å². The van der Waals surface area contributed by atoms with E-state index in [0.29, 0.717) is 38.0 Å². The smallest absolute Gasteiger partial charge is 0.243 e. The summed E-state index contributed by atoms with van der Waals surface area (Å²) in [6, 6.07) is 8.14. The van der Waals surface area contributed by atoms with Crippen LogP contribution < -0.4 is 4.72 Å². The van der Waals surface area contributed by atoms with Crippen LogP contribution >= 0.6 is 23.2 Å². The van der Waals surface area contributed by atoms with Crippen LogP contribution in [0.4, 0.5) is 8.78 Å². The van der Waals surface area contributed by atoms with Crippen molar-refractivity contribution in [1.82, 2.24) is 9.62 Å². The van der Waals surface area contributed by atoms with Crippen molar-refractivity contribution in [3.05, 3.63) is 63.6 Å². The monoisotopic (exact) mass is 434 g/mol. The van der Waals surface area contributed by atoms with E-state index in [1.807, 2.05) is 0 Å². The molecule has 0 aliphatic carbocycles. The van der Waals surface area contributed by atoms with E-state index in [-0.39, 0.29) is 21.0 Å². The van der Waals surface area contributed by atoms with Crippen molar-refractivity contribution in [3.63, 3.8) is 0 Å². The lowest BCUT2D eigenvalue weighted by molar-refractivity contribution is 0.199. The molecule has 1 fully saturated rings. The fraction of sp³-hybridized carbons (Fsp3) is 0.333. The predicted molar refractivity (Wildman–Crippen MR) is 101 cm³/mol. The molecule has 3 rings (SSSR count). The number of likely N-dealkylation sites (tertiary alicyclic amines) is 1. The minimum absolute atomic E-state index is 0.0748. The third kappa shape index (κ3) is 4.97. The lowest BCUT2D eigenvalue weighted by atomic mass is 10.1. The molecule has 0 radical (unpaired) electrons. The Labute approximate surface area is 167 Å². The third-order valence-electron chi connectivity index (χ3n) is 4.49. The predicted octanol–water partition coefficient (Wildman–Crippen LogP) is 4.21. The Hall–Kier alpha value is -1.25. The molecular weight excluding hydrogens is 417 g/mol. The molecule has 2 aromatic carbocycles. The van der Waals surface area contributed by atoms with Crippen LogP contribution in [0, 0.1) is 11.6 Å². The first kappa shape index (κ1) is 20.5. The second-order valence-electron chi connectivity index (χ2n) is 6.47. The van der Waals surface area contributed by atoms with Gasteiger partial charge in [0.1, 0.15) is 4.90 Å². The average molecular weight is 435 g/mol. The molecule has 9 heteroatoms. The number of sulfonamides is 1. The van der Waals surface area contributed by atoms with Gasteiger partial charge in [0.15, 0.2) is 11.6 Å². The fourth-order valence-electron chi connectivity index (χ4n) is 3.12. The van der Waals surface area contributed by atoms with Gasteiger partial charge in [0.2, 0.25) is 10.0 Å². The van der Waals surface area contributed by atoms with Crippen LogP contribution in [0.3, 0.4) is 0 Å². The molecule has 146 valence electrons. The maximum absolute atomic E-state index is 13.3. The van der Waals surface area contributed by atoms with Crippen LogP contribution in [0.15, 0.2) is 41.3 Å². The summed E-state index contributed by atoms with van der Waals surface area (Å²) in [7, 11) is -3.83. The Balaban J connectivity index is 1.60. The molecule has 2 aromatic rings. The molecule has 1 N–H and O–H groups in total. The molecular formula is C18H18Cl2F2N2O2S. The molecule has 0 spiro atoms. The number of piperidine rings is 1. The van der Waals surface area contributed by atoms with Gasteiger partial charge in [-0.1, -0.05) is 35.3 Å². The maximum Gasteiger partial charge on any atom is 0.243 e. The SMILES string of the molecule is O=S(=O)(NC1CCN(Cc2ccc(F)c(F)c2)CC1)c1c(Cl)cccc1Cl. The van der Waals surface area contributed by atoms with Crippen molar-refractivity contribution >= 4 is 33.2 Å². The molecule has 1 aliphatic rings. The highest BCUT2D eigenvalue weighted by atomic mass is 35.5. The van der Waals surface area contributed by atoms with Gasteiger partial charge in [-0.2, -0.15) is 0 Å². The molecule has 0 unspecified atom stereocenters. The van der Waals surface area contributed by atoms with Gasteiger partial charge in [-0.05, 0) is 42.7 Å². The molecule has 0 atom stereocenters. The Morgan fingerprint density at radius 2 is 1.67 bits per heavy atom. The number of halogens is 4. The third-order valence-corrected chi connectivity index (χ3v) is 6.96. The van der Waals surface area contributed by atoms with Crippen molar-refractivity contribution in [1.29, 1.82) is 0 Å². The molecule has 1 aliphatic heterocycles. The van der Waals surface area contributed by atoms with Crippen LogP contribution in [-0.2, 0) is 16.6 Å². The Kier molecular flexibility index (Phi) is 6.38. The number of rotatable bonds is 5. The fourth-order valence-corrected chi connectivity index (χ4v) is 5.57. The molecule has 0 bridgehead atoms. The van der Waals surface area contributed by atoms with Gasteiger partial charge < -0.3 is 0 Å². The summed E-state index contributed by atoms with van der Waals surface area (Å²) in [5.74, 6) is -1.74. The van der Waals surface area contributed by atoms with E-state index < -0.39 is 21.7 Å². The van der Waals surface area contributed by atoms with E-state index in [1.54, 1.807) is 12.1 Å². The molecule has 0 amide bonds. The zero-order valence-electron chi connectivity index (χ0n) is 14.3. The first-order valence-corrected chi connectivity index (χ1v) is 10.6. The van der Waals surface area contributed by atoms with Crippen molar-refractivity contribution in [2.45, 2.75) is 30.3 Å². The zero-order valence-corrected chi connectivity index (χ0v) is 16.6. The summed E-state index contributed by atoms with van der Waals surface area (Å²) < 4.78 is 54.2. The van der Waals surface area contributed by atoms with E-state index in [9.17, 15) is 17.2 Å². The van der Waals surface area contributed by atoms with Crippen LogP contribution in [0.1, 0.15) is 18.4 Å². The number of hydrogen-bond donors (Lipinski definition) is 1. The topological polar surface area (TPSA) is 49.4 Å². The highest BCUT2D eigenvalue weighted by Crippen LogP contribution is 2.29.